The average Bonchev–Trinajstić information content (AvgIpc) is 2.68. The smallest absolute Gasteiger partial charge is 0.243 e. The molecule has 6 nitrogen and oxygen atoms in total. The molecule has 1 fully saturated rings. The highest BCUT2D eigenvalue weighted by molar-refractivity contribution is 7.89. The third kappa shape index (κ3) is 3.26. The van der Waals surface area contributed by atoms with E-state index < -0.39 is 10.0 Å². The van der Waals surface area contributed by atoms with E-state index in [1.165, 1.54) is 0 Å². The van der Waals surface area contributed by atoms with Gasteiger partial charge in [0.1, 0.15) is 5.82 Å². The van der Waals surface area contributed by atoms with Crippen LogP contribution in [0.4, 0.5) is 0 Å². The summed E-state index contributed by atoms with van der Waals surface area (Å²) in [5, 5.41) is 0. The number of fused-ring (bicyclic) bond motifs is 1. The zero-order valence-corrected chi connectivity index (χ0v) is 15.8. The average molecular weight is 372 g/mol. The first-order chi connectivity index (χ1) is 12.6. The van der Waals surface area contributed by atoms with Crippen molar-refractivity contribution in [2.75, 3.05) is 20.1 Å². The largest absolute Gasteiger partial charge is 0.302 e. The highest BCUT2D eigenvalue weighted by Gasteiger charge is 2.36. The van der Waals surface area contributed by atoms with Crippen LogP contribution in [0.15, 0.2) is 41.4 Å². The van der Waals surface area contributed by atoms with Crippen LogP contribution in [0.1, 0.15) is 42.4 Å². The summed E-state index contributed by atoms with van der Waals surface area (Å²) in [6, 6.07) is 8.39. The molecule has 1 atom stereocenters. The molecule has 0 aliphatic carbocycles. The van der Waals surface area contributed by atoms with Gasteiger partial charge in [0.25, 0.3) is 0 Å². The minimum atomic E-state index is -3.54. The van der Waals surface area contributed by atoms with Crippen LogP contribution in [0.2, 0.25) is 0 Å². The minimum absolute atomic E-state index is 0.279. The standard InChI is InChI=1S/C19H24N4O2S/c1-22-12-10-17-15(14-22)13-20-19(21-17)18-9-5-6-11-23(18)26(24,25)16-7-3-2-4-8-16/h2-4,7-8,13,18H,5-6,9-12,14H2,1H3. The van der Waals surface area contributed by atoms with Crippen LogP contribution < -0.4 is 0 Å². The van der Waals surface area contributed by atoms with Crippen LogP contribution in [-0.2, 0) is 23.0 Å². The second kappa shape index (κ2) is 7.06. The maximum atomic E-state index is 13.2. The molecule has 0 spiro atoms. The Morgan fingerprint density at radius 3 is 2.73 bits per heavy atom. The Balaban J connectivity index is 1.68. The molecule has 2 aromatic rings. The molecule has 0 radical (unpaired) electrons. The number of sulfonamides is 1. The van der Waals surface area contributed by atoms with Gasteiger partial charge in [-0.05, 0) is 32.0 Å². The second-order valence-corrected chi connectivity index (χ2v) is 9.02. The molecular weight excluding hydrogens is 348 g/mol. The minimum Gasteiger partial charge on any atom is -0.302 e. The van der Waals surface area contributed by atoms with Crippen molar-refractivity contribution in [3.63, 3.8) is 0 Å². The van der Waals surface area contributed by atoms with Gasteiger partial charge in [0.15, 0.2) is 0 Å². The molecule has 2 aliphatic heterocycles. The number of nitrogens with zero attached hydrogens (tertiary/aromatic N) is 4. The first-order valence-corrected chi connectivity index (χ1v) is 10.6. The topological polar surface area (TPSA) is 66.4 Å². The van der Waals surface area contributed by atoms with Crippen LogP contribution in [-0.4, -0.2) is 47.7 Å². The molecule has 1 aromatic heterocycles. The molecule has 1 aromatic carbocycles. The van der Waals surface area contributed by atoms with Crippen LogP contribution in [0.3, 0.4) is 0 Å². The third-order valence-electron chi connectivity index (χ3n) is 5.24. The third-order valence-corrected chi connectivity index (χ3v) is 7.17. The fourth-order valence-corrected chi connectivity index (χ4v) is 5.49. The lowest BCUT2D eigenvalue weighted by atomic mass is 10.0. The highest BCUT2D eigenvalue weighted by atomic mass is 32.2. The first kappa shape index (κ1) is 17.6. The first-order valence-electron chi connectivity index (χ1n) is 9.16. The van der Waals surface area contributed by atoms with Crippen molar-refractivity contribution in [1.29, 1.82) is 0 Å². The van der Waals surface area contributed by atoms with E-state index in [1.807, 2.05) is 12.3 Å². The Morgan fingerprint density at radius 2 is 1.92 bits per heavy atom. The van der Waals surface area contributed by atoms with Gasteiger partial charge in [0, 0.05) is 43.5 Å². The van der Waals surface area contributed by atoms with Gasteiger partial charge in [-0.25, -0.2) is 18.4 Å². The lowest BCUT2D eigenvalue weighted by molar-refractivity contribution is 0.244. The Morgan fingerprint density at radius 1 is 1.12 bits per heavy atom. The number of piperidine rings is 1. The van der Waals surface area contributed by atoms with Gasteiger partial charge >= 0.3 is 0 Å². The molecule has 7 heteroatoms. The quantitative estimate of drug-likeness (QED) is 0.828. The van der Waals surface area contributed by atoms with Gasteiger partial charge in [0.2, 0.25) is 10.0 Å². The molecule has 1 unspecified atom stereocenters. The molecular formula is C19H24N4O2S. The molecule has 0 N–H and O–H groups in total. The van der Waals surface area contributed by atoms with E-state index >= 15 is 0 Å². The molecule has 0 saturated carbocycles. The number of aromatic nitrogens is 2. The summed E-state index contributed by atoms with van der Waals surface area (Å²) in [7, 11) is -1.45. The van der Waals surface area contributed by atoms with Crippen molar-refractivity contribution in [1.82, 2.24) is 19.2 Å². The SMILES string of the molecule is CN1CCc2nc(C3CCCCN3S(=O)(=O)c3ccccc3)ncc2C1. The van der Waals surface area contributed by atoms with Crippen molar-refractivity contribution < 1.29 is 8.42 Å². The normalized spacial score (nSPS) is 22.1. The number of hydrogen-bond acceptors (Lipinski definition) is 5. The number of benzene rings is 1. The van der Waals surface area contributed by atoms with Gasteiger partial charge in [0.05, 0.1) is 10.9 Å². The zero-order chi connectivity index (χ0) is 18.1. The van der Waals surface area contributed by atoms with E-state index in [0.29, 0.717) is 17.3 Å². The highest BCUT2D eigenvalue weighted by Crippen LogP contribution is 2.34. The lowest BCUT2D eigenvalue weighted by Crippen LogP contribution is -2.39. The fourth-order valence-electron chi connectivity index (χ4n) is 3.81. The summed E-state index contributed by atoms with van der Waals surface area (Å²) in [5.74, 6) is 0.646. The molecule has 2 aliphatic rings. The van der Waals surface area contributed by atoms with Gasteiger partial charge in [-0.15, -0.1) is 0 Å². The van der Waals surface area contributed by atoms with Gasteiger partial charge < -0.3 is 4.90 Å². The van der Waals surface area contributed by atoms with E-state index in [-0.39, 0.29) is 6.04 Å². The predicted octanol–water partition coefficient (Wildman–Crippen LogP) is 2.38. The van der Waals surface area contributed by atoms with Crippen LogP contribution >= 0.6 is 0 Å². The summed E-state index contributed by atoms with van der Waals surface area (Å²) >= 11 is 0. The zero-order valence-electron chi connectivity index (χ0n) is 15.0. The van der Waals surface area contributed by atoms with E-state index in [1.54, 1.807) is 28.6 Å². The number of likely N-dealkylation sites (N-methyl/N-ethyl adjacent to an activating group) is 1. The molecule has 4 rings (SSSR count). The van der Waals surface area contributed by atoms with E-state index in [9.17, 15) is 8.42 Å². The van der Waals surface area contributed by atoms with E-state index in [2.05, 4.69) is 16.9 Å². The van der Waals surface area contributed by atoms with Crippen molar-refractivity contribution >= 4 is 10.0 Å². The van der Waals surface area contributed by atoms with Crippen LogP contribution in [0, 0.1) is 0 Å². The van der Waals surface area contributed by atoms with E-state index in [0.717, 1.165) is 50.0 Å². The van der Waals surface area contributed by atoms with Gasteiger partial charge in [-0.3, -0.25) is 0 Å². The van der Waals surface area contributed by atoms with Gasteiger partial charge in [-0.1, -0.05) is 24.6 Å². The lowest BCUT2D eigenvalue weighted by Gasteiger charge is -2.34. The Hall–Kier alpha value is -1.83. The summed E-state index contributed by atoms with van der Waals surface area (Å²) < 4.78 is 27.9. The van der Waals surface area contributed by atoms with Crippen molar-refractivity contribution in [3.8, 4) is 0 Å². The number of hydrogen-bond donors (Lipinski definition) is 0. The van der Waals surface area contributed by atoms with Crippen LogP contribution in [0.25, 0.3) is 0 Å². The Kier molecular flexibility index (Phi) is 4.77. The predicted molar refractivity (Wildman–Crippen MR) is 99.0 cm³/mol. The summed E-state index contributed by atoms with van der Waals surface area (Å²) in [5.41, 5.74) is 2.21. The number of rotatable bonds is 3. The van der Waals surface area contributed by atoms with Crippen molar-refractivity contribution in [2.45, 2.75) is 43.2 Å². The monoisotopic (exact) mass is 372 g/mol. The van der Waals surface area contributed by atoms with Crippen molar-refractivity contribution in [2.24, 2.45) is 0 Å². The Labute approximate surface area is 154 Å². The van der Waals surface area contributed by atoms with E-state index in [4.69, 9.17) is 4.98 Å². The van der Waals surface area contributed by atoms with Crippen molar-refractivity contribution in [3.05, 3.63) is 53.6 Å². The molecule has 3 heterocycles. The van der Waals surface area contributed by atoms with Gasteiger partial charge in [-0.2, -0.15) is 4.31 Å². The molecule has 0 bridgehead atoms. The maximum absolute atomic E-state index is 13.2. The molecule has 1 saturated heterocycles. The summed E-state index contributed by atoms with van der Waals surface area (Å²) in [6.07, 6.45) is 5.41. The van der Waals surface area contributed by atoms with Crippen LogP contribution in [0.5, 0.6) is 0 Å². The Bertz CT molecular complexity index is 886. The summed E-state index contributed by atoms with van der Waals surface area (Å²) in [4.78, 5) is 11.9. The molecule has 0 amide bonds. The second-order valence-electron chi connectivity index (χ2n) is 7.13. The fraction of sp³-hybridized carbons (Fsp3) is 0.474. The molecule has 138 valence electrons. The summed E-state index contributed by atoms with van der Waals surface area (Å²) in [6.45, 7) is 2.34. The maximum Gasteiger partial charge on any atom is 0.243 e. The molecule has 26 heavy (non-hydrogen) atoms.